The maximum Gasteiger partial charge on any atom is 0.132 e. The van der Waals surface area contributed by atoms with Gasteiger partial charge in [-0.25, -0.2) is 4.98 Å². The van der Waals surface area contributed by atoms with Crippen LogP contribution in [0.2, 0.25) is 0 Å². The van der Waals surface area contributed by atoms with Crippen molar-refractivity contribution < 1.29 is 0 Å². The van der Waals surface area contributed by atoms with Crippen LogP contribution in [0, 0.1) is 11.3 Å². The lowest BCUT2D eigenvalue weighted by atomic mass is 10.0. The first kappa shape index (κ1) is 21.0. The van der Waals surface area contributed by atoms with Gasteiger partial charge in [-0.2, -0.15) is 0 Å². The number of aromatic nitrogens is 2. The predicted octanol–water partition coefficient (Wildman–Crippen LogP) is 3.33. The van der Waals surface area contributed by atoms with Crippen LogP contribution >= 0.6 is 0 Å². The van der Waals surface area contributed by atoms with E-state index >= 15 is 0 Å². The summed E-state index contributed by atoms with van der Waals surface area (Å²) in [7, 11) is 1.80. The van der Waals surface area contributed by atoms with E-state index in [1.807, 2.05) is 24.3 Å². The first-order valence-electron chi connectivity index (χ1n) is 9.19. The van der Waals surface area contributed by atoms with Crippen molar-refractivity contribution >= 4 is 28.1 Å². The zero-order valence-corrected chi connectivity index (χ0v) is 16.9. The maximum atomic E-state index is 7.96. The van der Waals surface area contributed by atoms with Gasteiger partial charge in [0.05, 0.1) is 11.0 Å². The molecule has 148 valence electrons. The molecule has 0 atom stereocenters. The van der Waals surface area contributed by atoms with Crippen LogP contribution in [0.3, 0.4) is 0 Å². The molecule has 0 unspecified atom stereocenters. The quantitative estimate of drug-likeness (QED) is 0.354. The van der Waals surface area contributed by atoms with Crippen LogP contribution in [-0.2, 0) is 0 Å². The number of allylic oxidation sites excluding steroid dienone is 3. The number of pyridine rings is 2. The highest BCUT2D eigenvalue weighted by molar-refractivity contribution is 6.21. The standard InChI is InChI=1S/C21H29N7/c1-13(2)7-15(10-22)8-20(24)28-21-6-5-18-19(27-21)9-16(11-26-18)17(12-25-4)14(3)23/h5-6,8-13,23,25H,7,22,24H2,1-4H3,(H,27,28)/b15-10-,17-12+,20-8+,23-14?. The highest BCUT2D eigenvalue weighted by Crippen LogP contribution is 2.21. The Bertz CT molecular complexity index is 939. The van der Waals surface area contributed by atoms with E-state index in [-0.39, 0.29) is 0 Å². The lowest BCUT2D eigenvalue weighted by Crippen LogP contribution is -2.11. The molecule has 28 heavy (non-hydrogen) atoms. The van der Waals surface area contributed by atoms with Gasteiger partial charge in [0.1, 0.15) is 11.6 Å². The summed E-state index contributed by atoms with van der Waals surface area (Å²) < 4.78 is 0. The van der Waals surface area contributed by atoms with Gasteiger partial charge in [0.2, 0.25) is 0 Å². The van der Waals surface area contributed by atoms with Crippen LogP contribution < -0.4 is 22.1 Å². The molecule has 2 aromatic rings. The summed E-state index contributed by atoms with van der Waals surface area (Å²) in [6.07, 6.45) is 7.78. The van der Waals surface area contributed by atoms with Crippen LogP contribution in [-0.4, -0.2) is 22.7 Å². The Balaban J connectivity index is 2.32. The fourth-order valence-electron chi connectivity index (χ4n) is 2.81. The molecule has 2 aromatic heterocycles. The molecule has 0 bridgehead atoms. The van der Waals surface area contributed by atoms with Gasteiger partial charge in [0.15, 0.2) is 0 Å². The van der Waals surface area contributed by atoms with Crippen LogP contribution in [0.4, 0.5) is 5.82 Å². The van der Waals surface area contributed by atoms with Crippen molar-refractivity contribution in [1.82, 2.24) is 15.3 Å². The number of fused-ring (bicyclic) bond motifs is 1. The molecule has 0 spiro atoms. The van der Waals surface area contributed by atoms with E-state index in [9.17, 15) is 0 Å². The molecule has 0 saturated carbocycles. The van der Waals surface area contributed by atoms with E-state index in [2.05, 4.69) is 34.4 Å². The summed E-state index contributed by atoms with van der Waals surface area (Å²) >= 11 is 0. The van der Waals surface area contributed by atoms with Crippen molar-refractivity contribution in [2.45, 2.75) is 27.2 Å². The lowest BCUT2D eigenvalue weighted by Gasteiger charge is -2.10. The van der Waals surface area contributed by atoms with E-state index in [0.29, 0.717) is 23.3 Å². The first-order chi connectivity index (χ1) is 13.3. The topological polar surface area (TPSA) is 126 Å². The molecule has 2 rings (SSSR count). The number of anilines is 1. The molecule has 7 nitrogen and oxygen atoms in total. The fraction of sp³-hybridized carbons (Fsp3) is 0.286. The van der Waals surface area contributed by atoms with Gasteiger partial charge in [0, 0.05) is 36.3 Å². The summed E-state index contributed by atoms with van der Waals surface area (Å²) in [5, 5.41) is 14.0. The van der Waals surface area contributed by atoms with Gasteiger partial charge < -0.3 is 27.5 Å². The number of hydrogen-bond donors (Lipinski definition) is 5. The van der Waals surface area contributed by atoms with Gasteiger partial charge in [-0.05, 0) is 55.3 Å². The molecule has 0 saturated heterocycles. The molecule has 0 aliphatic carbocycles. The van der Waals surface area contributed by atoms with Crippen LogP contribution in [0.25, 0.3) is 16.6 Å². The van der Waals surface area contributed by atoms with E-state index in [4.69, 9.17) is 16.9 Å². The summed E-state index contributed by atoms with van der Waals surface area (Å²) in [5.74, 6) is 1.57. The Morgan fingerprint density at radius 1 is 1.29 bits per heavy atom. The molecule has 0 amide bonds. The van der Waals surface area contributed by atoms with Crippen LogP contribution in [0.1, 0.15) is 32.8 Å². The Kier molecular flexibility index (Phi) is 7.14. The van der Waals surface area contributed by atoms with Crippen molar-refractivity contribution in [3.8, 4) is 0 Å². The van der Waals surface area contributed by atoms with E-state index < -0.39 is 0 Å². The zero-order valence-electron chi connectivity index (χ0n) is 16.9. The van der Waals surface area contributed by atoms with Crippen molar-refractivity contribution in [1.29, 1.82) is 5.41 Å². The molecule has 7 heteroatoms. The summed E-state index contributed by atoms with van der Waals surface area (Å²) in [6, 6.07) is 5.63. The molecule has 2 heterocycles. The fourth-order valence-corrected chi connectivity index (χ4v) is 2.81. The van der Waals surface area contributed by atoms with Crippen LogP contribution in [0.5, 0.6) is 0 Å². The molecular formula is C21H29N7. The lowest BCUT2D eigenvalue weighted by molar-refractivity contribution is 0.648. The third kappa shape index (κ3) is 5.57. The highest BCUT2D eigenvalue weighted by atomic mass is 15.1. The van der Waals surface area contributed by atoms with Crippen molar-refractivity contribution in [3.63, 3.8) is 0 Å². The maximum absolute atomic E-state index is 7.96. The van der Waals surface area contributed by atoms with Gasteiger partial charge in [0.25, 0.3) is 0 Å². The summed E-state index contributed by atoms with van der Waals surface area (Å²) in [4.78, 5) is 9.06. The van der Waals surface area contributed by atoms with Crippen molar-refractivity contribution in [3.05, 3.63) is 59.8 Å². The Labute approximate surface area is 166 Å². The van der Waals surface area contributed by atoms with Crippen molar-refractivity contribution in [2.24, 2.45) is 17.4 Å². The molecule has 7 N–H and O–H groups in total. The molecule has 0 aliphatic rings. The number of nitrogens with zero attached hydrogens (tertiary/aromatic N) is 2. The minimum Gasteiger partial charge on any atom is -0.404 e. The second-order valence-corrected chi connectivity index (χ2v) is 6.99. The third-order valence-electron chi connectivity index (χ3n) is 4.01. The van der Waals surface area contributed by atoms with Gasteiger partial charge in [-0.3, -0.25) is 4.98 Å². The predicted molar refractivity (Wildman–Crippen MR) is 118 cm³/mol. The van der Waals surface area contributed by atoms with Gasteiger partial charge in [-0.15, -0.1) is 0 Å². The normalized spacial score (nSPS) is 13.1. The van der Waals surface area contributed by atoms with Crippen molar-refractivity contribution in [2.75, 3.05) is 12.4 Å². The highest BCUT2D eigenvalue weighted by Gasteiger charge is 2.08. The number of nitrogens with one attached hydrogen (secondary N) is 3. The average Bonchev–Trinajstić information content (AvgIpc) is 2.64. The molecular weight excluding hydrogens is 350 g/mol. The minimum absolute atomic E-state index is 0.447. The largest absolute Gasteiger partial charge is 0.404 e. The van der Waals surface area contributed by atoms with E-state index in [0.717, 1.165) is 34.2 Å². The van der Waals surface area contributed by atoms with E-state index in [1.54, 1.807) is 32.6 Å². The average molecular weight is 380 g/mol. The second-order valence-electron chi connectivity index (χ2n) is 6.99. The summed E-state index contributed by atoms with van der Waals surface area (Å²) in [5.41, 5.74) is 16.3. The second kappa shape index (κ2) is 9.55. The van der Waals surface area contributed by atoms with Crippen LogP contribution in [0.15, 0.2) is 54.3 Å². The molecule has 0 fully saturated rings. The molecule has 0 aromatic carbocycles. The summed E-state index contributed by atoms with van der Waals surface area (Å²) in [6.45, 7) is 6.00. The smallest absolute Gasteiger partial charge is 0.132 e. The van der Waals surface area contributed by atoms with E-state index in [1.165, 1.54) is 0 Å². The molecule has 0 aliphatic heterocycles. The third-order valence-corrected chi connectivity index (χ3v) is 4.01. The Hall–Kier alpha value is -3.35. The number of hydrogen-bond acceptors (Lipinski definition) is 7. The SMILES string of the molecule is CN/C=C(\C(C)=N)c1cnc2ccc(N/C(N)=C/C(=C\N)CC(C)C)nc2c1. The number of rotatable bonds is 8. The Morgan fingerprint density at radius 2 is 2.04 bits per heavy atom. The number of nitrogens with two attached hydrogens (primary N) is 2. The van der Waals surface area contributed by atoms with Gasteiger partial charge in [-0.1, -0.05) is 13.8 Å². The Morgan fingerprint density at radius 3 is 2.64 bits per heavy atom. The first-order valence-corrected chi connectivity index (χ1v) is 9.19. The zero-order chi connectivity index (χ0) is 20.7. The van der Waals surface area contributed by atoms with Gasteiger partial charge >= 0.3 is 0 Å². The molecule has 0 radical (unpaired) electrons. The monoisotopic (exact) mass is 379 g/mol. The minimum atomic E-state index is 0.447.